The van der Waals surface area contributed by atoms with Gasteiger partial charge in [-0.25, -0.2) is 0 Å². The number of likely N-dealkylation sites (tertiary alicyclic amines) is 1. The van der Waals surface area contributed by atoms with Crippen LogP contribution in [0.4, 0.5) is 0 Å². The van der Waals surface area contributed by atoms with Gasteiger partial charge >= 0.3 is 0 Å². The first-order valence-corrected chi connectivity index (χ1v) is 7.02. The molecule has 2 rings (SSSR count). The van der Waals surface area contributed by atoms with Crippen molar-refractivity contribution in [3.8, 4) is 0 Å². The Labute approximate surface area is 113 Å². The van der Waals surface area contributed by atoms with Crippen molar-refractivity contribution < 1.29 is 0 Å². The molecule has 0 amide bonds. The van der Waals surface area contributed by atoms with Crippen LogP contribution in [-0.2, 0) is 0 Å². The maximum atomic E-state index is 3.46. The Balaban J connectivity index is 0.00000144. The molecule has 0 spiro atoms. The summed E-state index contributed by atoms with van der Waals surface area (Å²) in [6.45, 7) is 12.4. The third-order valence-corrected chi connectivity index (χ3v) is 4.31. The van der Waals surface area contributed by atoms with Gasteiger partial charge in [-0.3, -0.25) is 4.90 Å². The van der Waals surface area contributed by atoms with Crippen LogP contribution < -0.4 is 5.32 Å². The monoisotopic (exact) mass is 260 g/mol. The largest absolute Gasteiger partial charge is 0.317 e. The van der Waals surface area contributed by atoms with E-state index in [-0.39, 0.29) is 12.4 Å². The predicted molar refractivity (Wildman–Crippen MR) is 76.9 cm³/mol. The molecule has 2 fully saturated rings. The Kier molecular flexibility index (Phi) is 5.75. The molecule has 1 atom stereocenters. The van der Waals surface area contributed by atoms with Gasteiger partial charge in [0.25, 0.3) is 0 Å². The Morgan fingerprint density at radius 2 is 1.76 bits per heavy atom. The van der Waals surface area contributed by atoms with Crippen LogP contribution in [0.15, 0.2) is 0 Å². The van der Waals surface area contributed by atoms with E-state index in [1.54, 1.807) is 0 Å². The fourth-order valence-electron chi connectivity index (χ4n) is 3.42. The highest BCUT2D eigenvalue weighted by atomic mass is 35.5. The molecule has 3 heteroatoms. The Morgan fingerprint density at radius 3 is 2.35 bits per heavy atom. The molecule has 2 nitrogen and oxygen atoms in total. The van der Waals surface area contributed by atoms with Crippen LogP contribution in [0.5, 0.6) is 0 Å². The van der Waals surface area contributed by atoms with E-state index in [0.29, 0.717) is 5.41 Å². The summed E-state index contributed by atoms with van der Waals surface area (Å²) in [5, 5.41) is 3.46. The quantitative estimate of drug-likeness (QED) is 0.821. The van der Waals surface area contributed by atoms with Gasteiger partial charge in [-0.1, -0.05) is 20.8 Å². The van der Waals surface area contributed by atoms with Gasteiger partial charge in [-0.2, -0.15) is 0 Å². The molecular weight excluding hydrogens is 232 g/mol. The Hall–Kier alpha value is 0.210. The molecule has 0 aromatic heterocycles. The number of nitrogens with one attached hydrogen (secondary N) is 1. The summed E-state index contributed by atoms with van der Waals surface area (Å²) in [6, 6.07) is 0.822. The highest BCUT2D eigenvalue weighted by molar-refractivity contribution is 5.85. The summed E-state index contributed by atoms with van der Waals surface area (Å²) in [5.41, 5.74) is 0.462. The molecule has 1 unspecified atom stereocenters. The lowest BCUT2D eigenvalue weighted by molar-refractivity contribution is 0.114. The molecule has 17 heavy (non-hydrogen) atoms. The second-order valence-electron chi connectivity index (χ2n) is 6.71. The van der Waals surface area contributed by atoms with E-state index in [9.17, 15) is 0 Å². The predicted octanol–water partition coefficient (Wildman–Crippen LogP) is 2.92. The summed E-state index contributed by atoms with van der Waals surface area (Å²) < 4.78 is 0. The fourth-order valence-corrected chi connectivity index (χ4v) is 3.42. The molecule has 102 valence electrons. The van der Waals surface area contributed by atoms with Crippen LogP contribution >= 0.6 is 12.4 Å². The van der Waals surface area contributed by atoms with Crippen molar-refractivity contribution in [2.75, 3.05) is 26.2 Å². The van der Waals surface area contributed by atoms with Crippen molar-refractivity contribution in [3.05, 3.63) is 0 Å². The second-order valence-corrected chi connectivity index (χ2v) is 6.71. The van der Waals surface area contributed by atoms with Crippen molar-refractivity contribution in [2.45, 2.75) is 52.5 Å². The van der Waals surface area contributed by atoms with E-state index in [1.165, 1.54) is 51.9 Å². The summed E-state index contributed by atoms with van der Waals surface area (Å²) in [7, 11) is 0. The van der Waals surface area contributed by atoms with Gasteiger partial charge < -0.3 is 5.32 Å². The van der Waals surface area contributed by atoms with E-state index in [1.807, 2.05) is 0 Å². The molecule has 2 aliphatic heterocycles. The zero-order valence-corrected chi connectivity index (χ0v) is 12.5. The van der Waals surface area contributed by atoms with Gasteiger partial charge in [0.2, 0.25) is 0 Å². The number of nitrogens with zero attached hydrogens (tertiary/aromatic N) is 1. The average Bonchev–Trinajstić information content (AvgIpc) is 2.67. The summed E-state index contributed by atoms with van der Waals surface area (Å²) >= 11 is 0. The van der Waals surface area contributed by atoms with Gasteiger partial charge in [0.05, 0.1) is 0 Å². The summed E-state index contributed by atoms with van der Waals surface area (Å²) in [5.74, 6) is 0.948. The fraction of sp³-hybridized carbons (Fsp3) is 1.00. The van der Waals surface area contributed by atoms with Crippen LogP contribution in [0.2, 0.25) is 0 Å². The van der Waals surface area contributed by atoms with E-state index in [2.05, 4.69) is 31.0 Å². The molecule has 0 saturated carbocycles. The van der Waals surface area contributed by atoms with Crippen molar-refractivity contribution in [1.29, 1.82) is 0 Å². The van der Waals surface area contributed by atoms with Gasteiger partial charge in [0.1, 0.15) is 0 Å². The molecule has 2 aliphatic rings. The van der Waals surface area contributed by atoms with Crippen molar-refractivity contribution in [1.82, 2.24) is 10.2 Å². The maximum Gasteiger partial charge on any atom is 0.0144 e. The van der Waals surface area contributed by atoms with Gasteiger partial charge in [-0.05, 0) is 56.7 Å². The maximum absolute atomic E-state index is 3.46. The molecule has 2 heterocycles. The SMILES string of the molecule is CC(C)(C)C1CCCN1CC1CCNCC1.Cl. The highest BCUT2D eigenvalue weighted by Gasteiger charge is 2.34. The average molecular weight is 261 g/mol. The minimum absolute atomic E-state index is 0. The second kappa shape index (κ2) is 6.40. The smallest absolute Gasteiger partial charge is 0.0144 e. The lowest BCUT2D eigenvalue weighted by Gasteiger charge is -2.37. The minimum atomic E-state index is 0. The molecule has 0 aromatic rings. The molecule has 0 radical (unpaired) electrons. The zero-order valence-electron chi connectivity index (χ0n) is 11.7. The van der Waals surface area contributed by atoms with Crippen molar-refractivity contribution in [3.63, 3.8) is 0 Å². The van der Waals surface area contributed by atoms with Crippen LogP contribution in [-0.4, -0.2) is 37.1 Å². The van der Waals surface area contributed by atoms with Crippen LogP contribution in [0.1, 0.15) is 46.5 Å². The molecule has 1 N–H and O–H groups in total. The number of hydrogen-bond acceptors (Lipinski definition) is 2. The minimum Gasteiger partial charge on any atom is -0.317 e. The Bertz CT molecular complexity index is 219. The van der Waals surface area contributed by atoms with Gasteiger partial charge in [0, 0.05) is 12.6 Å². The summed E-state index contributed by atoms with van der Waals surface area (Å²) in [4.78, 5) is 2.77. The number of halogens is 1. The van der Waals surface area contributed by atoms with Crippen LogP contribution in [0.25, 0.3) is 0 Å². The lowest BCUT2D eigenvalue weighted by Crippen LogP contribution is -2.43. The first kappa shape index (κ1) is 15.3. The van der Waals surface area contributed by atoms with Crippen molar-refractivity contribution >= 4 is 12.4 Å². The van der Waals surface area contributed by atoms with E-state index in [0.717, 1.165) is 12.0 Å². The zero-order chi connectivity index (χ0) is 11.6. The van der Waals surface area contributed by atoms with E-state index >= 15 is 0 Å². The molecule has 0 bridgehead atoms. The summed E-state index contributed by atoms with van der Waals surface area (Å²) in [6.07, 6.45) is 5.59. The third-order valence-electron chi connectivity index (χ3n) is 4.31. The number of piperidine rings is 1. The van der Waals surface area contributed by atoms with Gasteiger partial charge in [-0.15, -0.1) is 12.4 Å². The van der Waals surface area contributed by atoms with Crippen LogP contribution in [0.3, 0.4) is 0 Å². The molecule has 2 saturated heterocycles. The topological polar surface area (TPSA) is 15.3 Å². The number of rotatable bonds is 2. The van der Waals surface area contributed by atoms with Crippen molar-refractivity contribution in [2.24, 2.45) is 11.3 Å². The Morgan fingerprint density at radius 1 is 1.12 bits per heavy atom. The molecule has 0 aliphatic carbocycles. The molecular formula is C14H29ClN2. The van der Waals surface area contributed by atoms with E-state index < -0.39 is 0 Å². The normalized spacial score (nSPS) is 28.1. The van der Waals surface area contributed by atoms with E-state index in [4.69, 9.17) is 0 Å². The lowest BCUT2D eigenvalue weighted by atomic mass is 9.84. The first-order chi connectivity index (χ1) is 7.57. The first-order valence-electron chi connectivity index (χ1n) is 7.02. The van der Waals surface area contributed by atoms with Crippen LogP contribution in [0, 0.1) is 11.3 Å². The highest BCUT2D eigenvalue weighted by Crippen LogP contribution is 2.33. The van der Waals surface area contributed by atoms with Gasteiger partial charge in [0.15, 0.2) is 0 Å². The standard InChI is InChI=1S/C14H28N2.ClH/c1-14(2,3)13-5-4-10-16(13)11-12-6-8-15-9-7-12;/h12-13,15H,4-11H2,1-3H3;1H. The third kappa shape index (κ3) is 4.11. The number of hydrogen-bond donors (Lipinski definition) is 1. The molecule has 0 aromatic carbocycles.